The predicted octanol–water partition coefficient (Wildman–Crippen LogP) is 5.82. The average Bonchev–Trinajstić information content (AvgIpc) is 2.95. The Morgan fingerprint density at radius 2 is 1.61 bits per heavy atom. The molecule has 7 heteroatoms. The van der Waals surface area contributed by atoms with Gasteiger partial charge in [-0.25, -0.2) is 0 Å². The number of halogens is 1. The molecule has 0 aromatic heterocycles. The number of benzene rings is 3. The molecule has 1 aliphatic carbocycles. The van der Waals surface area contributed by atoms with Crippen LogP contribution in [0.4, 0.5) is 0 Å². The summed E-state index contributed by atoms with van der Waals surface area (Å²) < 4.78 is 11.0. The second-order valence-corrected chi connectivity index (χ2v) is 10.1. The number of carbonyl (C=O) groups excluding carboxylic acids is 2. The maximum absolute atomic E-state index is 13.8. The van der Waals surface area contributed by atoms with E-state index in [9.17, 15) is 9.59 Å². The third kappa shape index (κ3) is 7.99. The van der Waals surface area contributed by atoms with Gasteiger partial charge in [-0.3, -0.25) is 9.59 Å². The number of nitrogens with one attached hydrogen (secondary N) is 1. The molecule has 1 aliphatic rings. The Hall–Kier alpha value is -3.51. The normalized spacial score (nSPS) is 14.4. The van der Waals surface area contributed by atoms with E-state index < -0.39 is 6.04 Å². The van der Waals surface area contributed by atoms with Crippen molar-refractivity contribution < 1.29 is 19.1 Å². The molecule has 0 aliphatic heterocycles. The van der Waals surface area contributed by atoms with E-state index in [2.05, 4.69) is 5.32 Å². The molecule has 3 aromatic rings. The number of rotatable bonds is 11. The van der Waals surface area contributed by atoms with E-state index in [1.54, 1.807) is 42.3 Å². The molecule has 38 heavy (non-hydrogen) atoms. The molecule has 2 amide bonds. The van der Waals surface area contributed by atoms with Gasteiger partial charge < -0.3 is 19.7 Å². The summed E-state index contributed by atoms with van der Waals surface area (Å²) in [6, 6.07) is 23.7. The van der Waals surface area contributed by atoms with Crippen LogP contribution < -0.4 is 14.8 Å². The Bertz CT molecular complexity index is 1180. The van der Waals surface area contributed by atoms with Crippen molar-refractivity contribution in [1.29, 1.82) is 0 Å². The van der Waals surface area contributed by atoms with Crippen LogP contribution in [-0.2, 0) is 22.6 Å². The summed E-state index contributed by atoms with van der Waals surface area (Å²) in [6.45, 7) is 0.0375. The number of carbonyl (C=O) groups is 2. The molecule has 0 radical (unpaired) electrons. The molecule has 0 saturated heterocycles. The Labute approximate surface area is 229 Å². The lowest BCUT2D eigenvalue weighted by Crippen LogP contribution is -2.53. The molecule has 3 aromatic carbocycles. The smallest absolute Gasteiger partial charge is 0.261 e. The molecular formula is C31H35ClN2O4. The molecular weight excluding hydrogens is 500 g/mol. The van der Waals surface area contributed by atoms with Crippen molar-refractivity contribution in [2.75, 3.05) is 13.7 Å². The lowest BCUT2D eigenvalue weighted by molar-refractivity contribution is -0.143. The van der Waals surface area contributed by atoms with Crippen molar-refractivity contribution in [2.24, 2.45) is 0 Å². The second-order valence-electron chi connectivity index (χ2n) is 9.66. The summed E-state index contributed by atoms with van der Waals surface area (Å²) in [5.74, 6) is 0.836. The fourth-order valence-corrected chi connectivity index (χ4v) is 5.04. The third-order valence-corrected chi connectivity index (χ3v) is 7.12. The number of hydrogen-bond acceptors (Lipinski definition) is 4. The Kier molecular flexibility index (Phi) is 10.0. The van der Waals surface area contributed by atoms with Crippen LogP contribution in [0.2, 0.25) is 5.02 Å². The first kappa shape index (κ1) is 27.5. The summed E-state index contributed by atoms with van der Waals surface area (Å²) in [4.78, 5) is 29.1. The zero-order valence-corrected chi connectivity index (χ0v) is 22.5. The molecule has 1 N–H and O–H groups in total. The van der Waals surface area contributed by atoms with Crippen molar-refractivity contribution in [3.63, 3.8) is 0 Å². The summed E-state index contributed by atoms with van der Waals surface area (Å²) in [5.41, 5.74) is 1.83. The predicted molar refractivity (Wildman–Crippen MR) is 149 cm³/mol. The van der Waals surface area contributed by atoms with Gasteiger partial charge in [-0.1, -0.05) is 73.3 Å². The van der Waals surface area contributed by atoms with E-state index in [-0.39, 0.29) is 31.0 Å². The lowest BCUT2D eigenvalue weighted by Gasteiger charge is -2.33. The highest BCUT2D eigenvalue weighted by Gasteiger charge is 2.32. The molecule has 0 bridgehead atoms. The quantitative estimate of drug-likeness (QED) is 0.337. The SMILES string of the molecule is COc1ccc(OCC(=O)N(Cc2cccc(Cl)c2)[C@@H](Cc2ccccc2)C(=O)NC2CCCCC2)cc1. The minimum atomic E-state index is -0.703. The molecule has 0 spiro atoms. The van der Waals surface area contributed by atoms with Crippen molar-refractivity contribution in [3.8, 4) is 11.5 Å². The average molecular weight is 535 g/mol. The summed E-state index contributed by atoms with van der Waals surface area (Å²) in [7, 11) is 1.60. The molecule has 0 unspecified atom stereocenters. The molecule has 1 atom stereocenters. The van der Waals surface area contributed by atoms with Gasteiger partial charge in [-0.15, -0.1) is 0 Å². The molecule has 200 valence electrons. The van der Waals surface area contributed by atoms with Crippen LogP contribution in [0.5, 0.6) is 11.5 Å². The van der Waals surface area contributed by atoms with Crippen LogP contribution in [0.1, 0.15) is 43.2 Å². The maximum Gasteiger partial charge on any atom is 0.261 e. The zero-order chi connectivity index (χ0) is 26.7. The van der Waals surface area contributed by atoms with Gasteiger partial charge in [0, 0.05) is 24.0 Å². The number of ether oxygens (including phenoxy) is 2. The Morgan fingerprint density at radius 1 is 0.921 bits per heavy atom. The minimum absolute atomic E-state index is 0.133. The first-order valence-corrected chi connectivity index (χ1v) is 13.5. The number of amides is 2. The van der Waals surface area contributed by atoms with Gasteiger partial charge in [0.2, 0.25) is 5.91 Å². The van der Waals surface area contributed by atoms with Crippen LogP contribution in [-0.4, -0.2) is 42.5 Å². The van der Waals surface area contributed by atoms with Crippen LogP contribution in [0.25, 0.3) is 0 Å². The van der Waals surface area contributed by atoms with E-state index in [0.29, 0.717) is 22.9 Å². The van der Waals surface area contributed by atoms with Crippen molar-refractivity contribution in [3.05, 3.63) is 95.0 Å². The summed E-state index contributed by atoms with van der Waals surface area (Å²) >= 11 is 6.26. The largest absolute Gasteiger partial charge is 0.497 e. The zero-order valence-electron chi connectivity index (χ0n) is 21.8. The number of methoxy groups -OCH3 is 1. The van der Waals surface area contributed by atoms with Crippen molar-refractivity contribution >= 4 is 23.4 Å². The Balaban J connectivity index is 1.59. The van der Waals surface area contributed by atoms with Crippen LogP contribution >= 0.6 is 11.6 Å². The third-order valence-electron chi connectivity index (χ3n) is 6.89. The minimum Gasteiger partial charge on any atom is -0.497 e. The molecule has 6 nitrogen and oxygen atoms in total. The van der Waals surface area contributed by atoms with Crippen LogP contribution in [0.15, 0.2) is 78.9 Å². The van der Waals surface area contributed by atoms with E-state index in [0.717, 1.165) is 36.8 Å². The fraction of sp³-hybridized carbons (Fsp3) is 0.355. The van der Waals surface area contributed by atoms with Crippen LogP contribution in [0, 0.1) is 0 Å². The molecule has 0 heterocycles. The molecule has 1 saturated carbocycles. The van der Waals surface area contributed by atoms with Gasteiger partial charge >= 0.3 is 0 Å². The maximum atomic E-state index is 13.8. The van der Waals surface area contributed by atoms with Gasteiger partial charge in [0.1, 0.15) is 17.5 Å². The van der Waals surface area contributed by atoms with Crippen LogP contribution in [0.3, 0.4) is 0 Å². The highest BCUT2D eigenvalue weighted by molar-refractivity contribution is 6.30. The monoisotopic (exact) mass is 534 g/mol. The molecule has 1 fully saturated rings. The first-order valence-electron chi connectivity index (χ1n) is 13.2. The topological polar surface area (TPSA) is 67.9 Å². The van der Waals surface area contributed by atoms with Gasteiger partial charge in [0.15, 0.2) is 6.61 Å². The van der Waals surface area contributed by atoms with E-state index >= 15 is 0 Å². The van der Waals surface area contributed by atoms with E-state index in [1.807, 2.05) is 48.5 Å². The van der Waals surface area contributed by atoms with Crippen molar-refractivity contribution in [2.45, 2.75) is 57.2 Å². The highest BCUT2D eigenvalue weighted by atomic mass is 35.5. The lowest BCUT2D eigenvalue weighted by atomic mass is 9.94. The molecule has 4 rings (SSSR count). The summed E-state index contributed by atoms with van der Waals surface area (Å²) in [6.07, 6.45) is 5.74. The highest BCUT2D eigenvalue weighted by Crippen LogP contribution is 2.22. The van der Waals surface area contributed by atoms with E-state index in [1.165, 1.54) is 6.42 Å². The fourth-order valence-electron chi connectivity index (χ4n) is 4.83. The standard InChI is InChI=1S/C31H35ClN2O4/c1-37-27-15-17-28(18-16-27)38-22-30(35)34(21-24-11-8-12-25(32)19-24)29(20-23-9-4-2-5-10-23)31(36)33-26-13-6-3-7-14-26/h2,4-5,8-12,15-19,26,29H,3,6-7,13-14,20-22H2,1H3,(H,33,36)/t29-/m0/s1. The van der Waals surface area contributed by atoms with Gasteiger partial charge in [0.05, 0.1) is 7.11 Å². The van der Waals surface area contributed by atoms with E-state index in [4.69, 9.17) is 21.1 Å². The first-order chi connectivity index (χ1) is 18.5. The number of nitrogens with zero attached hydrogens (tertiary/aromatic N) is 1. The van der Waals surface area contributed by atoms with Gasteiger partial charge in [-0.2, -0.15) is 0 Å². The van der Waals surface area contributed by atoms with Gasteiger partial charge in [-0.05, 0) is 60.4 Å². The van der Waals surface area contributed by atoms with Gasteiger partial charge in [0.25, 0.3) is 5.91 Å². The summed E-state index contributed by atoms with van der Waals surface area (Å²) in [5, 5.41) is 3.82. The second kappa shape index (κ2) is 13.9. The Morgan fingerprint density at radius 3 is 2.29 bits per heavy atom. The number of hydrogen-bond donors (Lipinski definition) is 1. The van der Waals surface area contributed by atoms with Crippen molar-refractivity contribution in [1.82, 2.24) is 10.2 Å².